The first-order chi connectivity index (χ1) is 6.07. The van der Waals surface area contributed by atoms with Crippen molar-refractivity contribution in [3.63, 3.8) is 0 Å². The number of amides is 1. The fourth-order valence-electron chi connectivity index (χ4n) is 0.835. The van der Waals surface area contributed by atoms with E-state index in [0.717, 1.165) is 12.8 Å². The van der Waals surface area contributed by atoms with E-state index in [0.29, 0.717) is 6.54 Å². The van der Waals surface area contributed by atoms with Crippen molar-refractivity contribution in [1.82, 2.24) is 5.32 Å². The highest BCUT2D eigenvalue weighted by Crippen LogP contribution is 1.92. The van der Waals surface area contributed by atoms with Gasteiger partial charge in [0.05, 0.1) is 0 Å². The van der Waals surface area contributed by atoms with E-state index in [1.807, 2.05) is 6.92 Å². The lowest BCUT2D eigenvalue weighted by molar-refractivity contribution is -0.152. The maximum atomic E-state index is 11.2. The molecule has 0 fully saturated rings. The summed E-state index contributed by atoms with van der Waals surface area (Å²) in [5, 5.41) is 2.67. The van der Waals surface area contributed by atoms with Crippen LogP contribution in [-0.4, -0.2) is 24.5 Å². The Labute approximate surface area is 78.6 Å². The van der Waals surface area contributed by atoms with Gasteiger partial charge in [0.1, 0.15) is 0 Å². The average molecular weight is 187 g/mol. The van der Waals surface area contributed by atoms with Crippen LogP contribution >= 0.6 is 0 Å². The van der Waals surface area contributed by atoms with Crippen LogP contribution in [0.15, 0.2) is 0 Å². The fraction of sp³-hybridized carbons (Fsp3) is 0.778. The van der Waals surface area contributed by atoms with Gasteiger partial charge in [-0.3, -0.25) is 9.59 Å². The van der Waals surface area contributed by atoms with E-state index in [9.17, 15) is 9.59 Å². The summed E-state index contributed by atoms with van der Waals surface area (Å²) in [7, 11) is 0. The zero-order chi connectivity index (χ0) is 10.3. The van der Waals surface area contributed by atoms with E-state index in [2.05, 4.69) is 5.32 Å². The molecule has 0 aliphatic heterocycles. The van der Waals surface area contributed by atoms with Gasteiger partial charge in [0.25, 0.3) is 5.91 Å². The van der Waals surface area contributed by atoms with E-state index in [1.54, 1.807) is 6.92 Å². The topological polar surface area (TPSA) is 55.4 Å². The van der Waals surface area contributed by atoms with Gasteiger partial charge in [-0.2, -0.15) is 0 Å². The molecular weight excluding hydrogens is 170 g/mol. The van der Waals surface area contributed by atoms with E-state index in [4.69, 9.17) is 4.74 Å². The van der Waals surface area contributed by atoms with Gasteiger partial charge in [0.15, 0.2) is 6.10 Å². The molecule has 4 heteroatoms. The summed E-state index contributed by atoms with van der Waals surface area (Å²) in [6.45, 7) is 5.53. The lowest BCUT2D eigenvalue weighted by atomic mass is 10.3. The molecule has 1 unspecified atom stereocenters. The number of esters is 1. The Morgan fingerprint density at radius 2 is 2.08 bits per heavy atom. The van der Waals surface area contributed by atoms with Gasteiger partial charge in [0.2, 0.25) is 0 Å². The van der Waals surface area contributed by atoms with E-state index < -0.39 is 12.1 Å². The highest BCUT2D eigenvalue weighted by atomic mass is 16.5. The highest BCUT2D eigenvalue weighted by molar-refractivity contribution is 5.82. The molecule has 4 nitrogen and oxygen atoms in total. The Balaban J connectivity index is 3.63. The number of hydrogen-bond acceptors (Lipinski definition) is 3. The number of rotatable bonds is 5. The molecule has 76 valence electrons. The predicted molar refractivity (Wildman–Crippen MR) is 49.1 cm³/mol. The second-order valence-corrected chi connectivity index (χ2v) is 2.90. The van der Waals surface area contributed by atoms with Crippen molar-refractivity contribution in [1.29, 1.82) is 0 Å². The van der Waals surface area contributed by atoms with Crippen LogP contribution in [0.1, 0.15) is 33.6 Å². The molecule has 0 aliphatic rings. The van der Waals surface area contributed by atoms with Crippen LogP contribution in [0.25, 0.3) is 0 Å². The van der Waals surface area contributed by atoms with Crippen molar-refractivity contribution in [2.75, 3.05) is 6.54 Å². The van der Waals surface area contributed by atoms with Crippen molar-refractivity contribution in [3.05, 3.63) is 0 Å². The van der Waals surface area contributed by atoms with Gasteiger partial charge in [-0.15, -0.1) is 0 Å². The molecule has 0 saturated heterocycles. The lowest BCUT2D eigenvalue weighted by Gasteiger charge is -2.11. The van der Waals surface area contributed by atoms with Crippen LogP contribution in [0.3, 0.4) is 0 Å². The van der Waals surface area contributed by atoms with Gasteiger partial charge in [0, 0.05) is 13.5 Å². The third-order valence-electron chi connectivity index (χ3n) is 1.54. The number of carbonyl (C=O) groups is 2. The normalized spacial score (nSPS) is 11.9. The van der Waals surface area contributed by atoms with Crippen LogP contribution in [0.4, 0.5) is 0 Å². The third-order valence-corrected chi connectivity index (χ3v) is 1.54. The minimum absolute atomic E-state index is 0.233. The van der Waals surface area contributed by atoms with Crippen LogP contribution in [0.5, 0.6) is 0 Å². The van der Waals surface area contributed by atoms with Gasteiger partial charge < -0.3 is 10.1 Å². The fourth-order valence-corrected chi connectivity index (χ4v) is 0.835. The second-order valence-electron chi connectivity index (χ2n) is 2.90. The first kappa shape index (κ1) is 11.9. The van der Waals surface area contributed by atoms with E-state index >= 15 is 0 Å². The quantitative estimate of drug-likeness (QED) is 0.513. The van der Waals surface area contributed by atoms with Gasteiger partial charge >= 0.3 is 5.97 Å². The monoisotopic (exact) mass is 187 g/mol. The van der Waals surface area contributed by atoms with Crippen molar-refractivity contribution in [3.8, 4) is 0 Å². The maximum absolute atomic E-state index is 11.2. The molecule has 0 spiro atoms. The second kappa shape index (κ2) is 6.46. The Morgan fingerprint density at radius 3 is 2.54 bits per heavy atom. The number of unbranched alkanes of at least 4 members (excludes halogenated alkanes) is 1. The van der Waals surface area contributed by atoms with Gasteiger partial charge in [-0.1, -0.05) is 13.3 Å². The average Bonchev–Trinajstić information content (AvgIpc) is 2.03. The molecule has 0 aromatic carbocycles. The number of nitrogens with one attached hydrogen (secondary N) is 1. The van der Waals surface area contributed by atoms with Crippen LogP contribution < -0.4 is 5.32 Å². The molecule has 0 aliphatic carbocycles. The van der Waals surface area contributed by atoms with Crippen molar-refractivity contribution >= 4 is 11.9 Å². The smallest absolute Gasteiger partial charge is 0.303 e. The van der Waals surface area contributed by atoms with Crippen LogP contribution in [0, 0.1) is 0 Å². The number of carbonyl (C=O) groups excluding carboxylic acids is 2. The zero-order valence-electron chi connectivity index (χ0n) is 8.42. The minimum atomic E-state index is -0.686. The molecule has 13 heavy (non-hydrogen) atoms. The minimum Gasteiger partial charge on any atom is -0.453 e. The molecule has 1 N–H and O–H groups in total. The van der Waals surface area contributed by atoms with Gasteiger partial charge in [-0.25, -0.2) is 0 Å². The molecule has 0 aromatic heterocycles. The number of ether oxygens (including phenoxy) is 1. The third kappa shape index (κ3) is 6.13. The van der Waals surface area contributed by atoms with Crippen molar-refractivity contribution < 1.29 is 14.3 Å². The molecule has 0 aromatic rings. The zero-order valence-corrected chi connectivity index (χ0v) is 8.42. The van der Waals surface area contributed by atoms with E-state index in [-0.39, 0.29) is 5.91 Å². The Kier molecular flexibility index (Phi) is 5.93. The molecule has 0 rings (SSSR count). The SMILES string of the molecule is CCCCNC(=O)C(C)OC(C)=O. The summed E-state index contributed by atoms with van der Waals surface area (Å²) in [4.78, 5) is 21.7. The largest absolute Gasteiger partial charge is 0.453 e. The van der Waals surface area contributed by atoms with Crippen LogP contribution in [-0.2, 0) is 14.3 Å². The summed E-state index contributed by atoms with van der Waals surface area (Å²) in [6.07, 6.45) is 1.29. The first-order valence-corrected chi connectivity index (χ1v) is 4.52. The maximum Gasteiger partial charge on any atom is 0.303 e. The Bertz CT molecular complexity index is 180. The summed E-state index contributed by atoms with van der Waals surface area (Å²) in [5.41, 5.74) is 0. The molecule has 0 heterocycles. The summed E-state index contributed by atoms with van der Waals surface area (Å²) < 4.78 is 4.69. The molecule has 1 amide bonds. The predicted octanol–water partition coefficient (Wildman–Crippen LogP) is 0.854. The summed E-state index contributed by atoms with van der Waals surface area (Å²) in [6, 6.07) is 0. The Morgan fingerprint density at radius 1 is 1.46 bits per heavy atom. The van der Waals surface area contributed by atoms with Crippen molar-refractivity contribution in [2.24, 2.45) is 0 Å². The van der Waals surface area contributed by atoms with Gasteiger partial charge in [-0.05, 0) is 13.3 Å². The molecule has 0 bridgehead atoms. The summed E-state index contributed by atoms with van der Waals surface area (Å²) >= 11 is 0. The molecule has 0 saturated carbocycles. The first-order valence-electron chi connectivity index (χ1n) is 4.52. The highest BCUT2D eigenvalue weighted by Gasteiger charge is 2.14. The van der Waals surface area contributed by atoms with E-state index in [1.165, 1.54) is 6.92 Å². The molecule has 1 atom stereocenters. The summed E-state index contributed by atoms with van der Waals surface area (Å²) in [5.74, 6) is -0.665. The molecule has 0 radical (unpaired) electrons. The lowest BCUT2D eigenvalue weighted by Crippen LogP contribution is -2.35. The van der Waals surface area contributed by atoms with Crippen molar-refractivity contribution in [2.45, 2.75) is 39.7 Å². The Hall–Kier alpha value is -1.06. The standard InChI is InChI=1S/C9H17NO3/c1-4-5-6-10-9(12)7(2)13-8(3)11/h7H,4-6H2,1-3H3,(H,10,12). The van der Waals surface area contributed by atoms with Crippen LogP contribution in [0.2, 0.25) is 0 Å². The molecular formula is C9H17NO3. The number of hydrogen-bond donors (Lipinski definition) is 1.